The van der Waals surface area contributed by atoms with Gasteiger partial charge in [0.05, 0.1) is 0 Å². The van der Waals surface area contributed by atoms with E-state index in [0.29, 0.717) is 13.2 Å². The highest BCUT2D eigenvalue weighted by molar-refractivity contribution is 7.07. The number of hydrogen-bond acceptors (Lipinski definition) is 3. The van der Waals surface area contributed by atoms with E-state index >= 15 is 0 Å². The first-order valence-corrected chi connectivity index (χ1v) is 5.92. The molecule has 0 atom stereocenters. The summed E-state index contributed by atoms with van der Waals surface area (Å²) in [6, 6.07) is 0. The van der Waals surface area contributed by atoms with Gasteiger partial charge in [-0.3, -0.25) is 4.79 Å². The number of thiazole rings is 1. The normalized spacial score (nSPS) is 19.4. The largest absolute Gasteiger partial charge is 0.381 e. The fourth-order valence-corrected chi connectivity index (χ4v) is 2.30. The van der Waals surface area contributed by atoms with Gasteiger partial charge in [-0.25, -0.2) is 0 Å². The highest BCUT2D eigenvalue weighted by Gasteiger charge is 2.20. The van der Waals surface area contributed by atoms with Crippen molar-refractivity contribution in [2.45, 2.75) is 12.8 Å². The fourth-order valence-electron chi connectivity index (χ4n) is 1.56. The number of carbonyl (C=O) groups excluding carboxylic acids is 1. The van der Waals surface area contributed by atoms with Crippen molar-refractivity contribution in [2.24, 2.45) is 18.0 Å². The summed E-state index contributed by atoms with van der Waals surface area (Å²) in [6.45, 7) is 1.37. The van der Waals surface area contributed by atoms with Gasteiger partial charge in [-0.15, -0.1) is 11.3 Å². The average molecular weight is 226 g/mol. The predicted octanol–water partition coefficient (Wildman–Crippen LogP) is 0.940. The zero-order valence-corrected chi connectivity index (χ0v) is 9.50. The van der Waals surface area contributed by atoms with Crippen LogP contribution in [0.25, 0.3) is 0 Å². The fraction of sp³-hybridized carbons (Fsp3) is 0.600. The second-order valence-electron chi connectivity index (χ2n) is 3.63. The molecule has 0 aliphatic carbocycles. The van der Waals surface area contributed by atoms with E-state index in [1.807, 2.05) is 23.2 Å². The predicted molar refractivity (Wildman–Crippen MR) is 57.4 cm³/mol. The Morgan fingerprint density at radius 2 is 2.33 bits per heavy atom. The summed E-state index contributed by atoms with van der Waals surface area (Å²) in [5, 5.41) is 1.93. The van der Waals surface area contributed by atoms with Crippen LogP contribution in [0.15, 0.2) is 16.6 Å². The number of aromatic nitrogens is 1. The molecule has 5 heteroatoms. The number of amides is 1. The van der Waals surface area contributed by atoms with E-state index in [1.165, 1.54) is 11.3 Å². The molecule has 1 amide bonds. The lowest BCUT2D eigenvalue weighted by Crippen LogP contribution is -2.24. The Morgan fingerprint density at radius 1 is 1.60 bits per heavy atom. The highest BCUT2D eigenvalue weighted by atomic mass is 32.1. The van der Waals surface area contributed by atoms with Crippen molar-refractivity contribution in [3.63, 3.8) is 0 Å². The summed E-state index contributed by atoms with van der Waals surface area (Å²) in [4.78, 5) is 16.7. The Hall–Kier alpha value is -0.940. The molecule has 4 nitrogen and oxygen atoms in total. The number of ether oxygens (including phenoxy) is 1. The molecule has 1 aliphatic rings. The van der Waals surface area contributed by atoms with Gasteiger partial charge in [-0.05, 0) is 12.8 Å². The van der Waals surface area contributed by atoms with Crippen LogP contribution in [0.5, 0.6) is 0 Å². The number of aryl methyl sites for hydroxylation is 1. The maximum Gasteiger partial charge on any atom is 0.251 e. The van der Waals surface area contributed by atoms with Crippen molar-refractivity contribution in [2.75, 3.05) is 13.2 Å². The third kappa shape index (κ3) is 2.54. The molecule has 15 heavy (non-hydrogen) atoms. The Kier molecular flexibility index (Phi) is 3.33. The Labute approximate surface area is 92.2 Å². The molecule has 0 spiro atoms. The van der Waals surface area contributed by atoms with E-state index in [9.17, 15) is 4.79 Å². The van der Waals surface area contributed by atoms with Gasteiger partial charge in [0, 0.05) is 37.8 Å². The van der Waals surface area contributed by atoms with Crippen LogP contribution < -0.4 is 4.80 Å². The maximum absolute atomic E-state index is 11.8. The lowest BCUT2D eigenvalue weighted by molar-refractivity contribution is -0.124. The van der Waals surface area contributed by atoms with Crippen LogP contribution in [-0.4, -0.2) is 23.7 Å². The summed E-state index contributed by atoms with van der Waals surface area (Å²) in [5.74, 6) is 0.0530. The molecule has 0 radical (unpaired) electrons. The maximum atomic E-state index is 11.8. The van der Waals surface area contributed by atoms with Crippen LogP contribution in [0.3, 0.4) is 0 Å². The first kappa shape index (κ1) is 10.6. The summed E-state index contributed by atoms with van der Waals surface area (Å²) in [7, 11) is 1.90. The van der Waals surface area contributed by atoms with E-state index in [1.54, 1.807) is 0 Å². The molecule has 0 unspecified atom stereocenters. The second-order valence-corrected chi connectivity index (χ2v) is 4.51. The van der Waals surface area contributed by atoms with Crippen LogP contribution in [0.1, 0.15) is 12.8 Å². The third-order valence-electron chi connectivity index (χ3n) is 2.54. The van der Waals surface area contributed by atoms with Crippen LogP contribution >= 0.6 is 11.3 Å². The minimum atomic E-state index is -0.00338. The van der Waals surface area contributed by atoms with E-state index in [2.05, 4.69) is 4.99 Å². The summed E-state index contributed by atoms with van der Waals surface area (Å²) < 4.78 is 7.08. The van der Waals surface area contributed by atoms with Gasteiger partial charge < -0.3 is 9.30 Å². The molecule has 2 rings (SSSR count). The van der Waals surface area contributed by atoms with Gasteiger partial charge in [0.15, 0.2) is 4.80 Å². The molecular formula is C10H14N2O2S. The van der Waals surface area contributed by atoms with Crippen molar-refractivity contribution < 1.29 is 9.53 Å². The van der Waals surface area contributed by atoms with Crippen molar-refractivity contribution >= 4 is 17.2 Å². The minimum Gasteiger partial charge on any atom is -0.381 e. The van der Waals surface area contributed by atoms with Gasteiger partial charge in [0.1, 0.15) is 0 Å². The first-order valence-electron chi connectivity index (χ1n) is 5.04. The van der Waals surface area contributed by atoms with E-state index < -0.39 is 0 Å². The highest BCUT2D eigenvalue weighted by Crippen LogP contribution is 2.15. The number of hydrogen-bond donors (Lipinski definition) is 0. The van der Waals surface area contributed by atoms with Crippen molar-refractivity contribution in [3.8, 4) is 0 Å². The van der Waals surface area contributed by atoms with Gasteiger partial charge in [-0.2, -0.15) is 4.99 Å². The lowest BCUT2D eigenvalue weighted by atomic mass is 10.00. The molecule has 0 bridgehead atoms. The van der Waals surface area contributed by atoms with E-state index in [0.717, 1.165) is 17.6 Å². The first-order chi connectivity index (χ1) is 7.27. The smallest absolute Gasteiger partial charge is 0.251 e. The SMILES string of the molecule is Cn1ccsc1=NC(=O)C1CCOCC1. The third-order valence-corrected chi connectivity index (χ3v) is 3.38. The quantitative estimate of drug-likeness (QED) is 0.715. The molecule has 1 fully saturated rings. The number of rotatable bonds is 1. The van der Waals surface area contributed by atoms with Crippen LogP contribution in [0, 0.1) is 5.92 Å². The molecule has 2 heterocycles. The lowest BCUT2D eigenvalue weighted by Gasteiger charge is -2.18. The van der Waals surface area contributed by atoms with E-state index in [-0.39, 0.29) is 11.8 Å². The molecule has 1 aromatic heterocycles. The molecule has 1 aliphatic heterocycles. The molecule has 82 valence electrons. The monoisotopic (exact) mass is 226 g/mol. The average Bonchev–Trinajstić information content (AvgIpc) is 2.66. The van der Waals surface area contributed by atoms with Crippen molar-refractivity contribution in [1.82, 2.24) is 4.57 Å². The van der Waals surface area contributed by atoms with Crippen molar-refractivity contribution in [1.29, 1.82) is 0 Å². The zero-order chi connectivity index (χ0) is 10.7. The Morgan fingerprint density at radius 3 is 2.93 bits per heavy atom. The second kappa shape index (κ2) is 4.72. The van der Waals surface area contributed by atoms with Crippen LogP contribution in [0.4, 0.5) is 0 Å². The molecule has 0 N–H and O–H groups in total. The summed E-state index contributed by atoms with van der Waals surface area (Å²) in [6.07, 6.45) is 3.51. The van der Waals surface area contributed by atoms with E-state index in [4.69, 9.17) is 4.74 Å². The molecule has 0 aromatic carbocycles. The van der Waals surface area contributed by atoms with Crippen LogP contribution in [-0.2, 0) is 16.6 Å². The minimum absolute atomic E-state index is 0.00338. The van der Waals surface area contributed by atoms with Gasteiger partial charge >= 0.3 is 0 Å². The summed E-state index contributed by atoms with van der Waals surface area (Å²) in [5.41, 5.74) is 0. The Bertz CT molecular complexity index is 402. The van der Waals surface area contributed by atoms with Gasteiger partial charge in [0.25, 0.3) is 5.91 Å². The molecule has 0 saturated carbocycles. The standard InChI is InChI=1S/C10H14N2O2S/c1-12-4-7-15-10(12)11-9(13)8-2-5-14-6-3-8/h4,7-8H,2-3,5-6H2,1H3. The summed E-state index contributed by atoms with van der Waals surface area (Å²) >= 11 is 1.49. The Balaban J connectivity index is 2.12. The molecular weight excluding hydrogens is 212 g/mol. The molecule has 1 aromatic rings. The topological polar surface area (TPSA) is 43.6 Å². The number of carbonyl (C=O) groups is 1. The van der Waals surface area contributed by atoms with Crippen molar-refractivity contribution in [3.05, 3.63) is 16.4 Å². The van der Waals surface area contributed by atoms with Crippen LogP contribution in [0.2, 0.25) is 0 Å². The van der Waals surface area contributed by atoms with Gasteiger partial charge in [0.2, 0.25) is 0 Å². The number of nitrogens with zero attached hydrogens (tertiary/aromatic N) is 2. The molecule has 1 saturated heterocycles. The zero-order valence-electron chi connectivity index (χ0n) is 8.68. The van der Waals surface area contributed by atoms with Gasteiger partial charge in [-0.1, -0.05) is 0 Å².